The molecular formula is C24H27N3O3. The molecule has 0 aliphatic carbocycles. The molecular weight excluding hydrogens is 378 g/mol. The van der Waals surface area contributed by atoms with E-state index in [1.165, 1.54) is 6.26 Å². The molecule has 0 aliphatic rings. The Balaban J connectivity index is 1.69. The summed E-state index contributed by atoms with van der Waals surface area (Å²) in [4.78, 5) is 27.1. The summed E-state index contributed by atoms with van der Waals surface area (Å²) in [6, 6.07) is 19.1. The number of benzene rings is 2. The Bertz CT molecular complexity index is 922. The molecule has 0 unspecified atom stereocenters. The van der Waals surface area contributed by atoms with Gasteiger partial charge in [-0.15, -0.1) is 0 Å². The van der Waals surface area contributed by atoms with Gasteiger partial charge in [-0.1, -0.05) is 73.8 Å². The van der Waals surface area contributed by atoms with Crippen molar-refractivity contribution in [2.75, 3.05) is 18.4 Å². The molecule has 3 rings (SSSR count). The zero-order valence-corrected chi connectivity index (χ0v) is 17.2. The van der Waals surface area contributed by atoms with Gasteiger partial charge < -0.3 is 14.7 Å². The number of carbonyl (C=O) groups excluding carboxylic acids is 2. The largest absolute Gasteiger partial charge is 0.363 e. The summed E-state index contributed by atoms with van der Waals surface area (Å²) < 4.78 is 4.73. The first-order valence-corrected chi connectivity index (χ1v) is 10.3. The predicted octanol–water partition coefficient (Wildman–Crippen LogP) is 5.00. The molecule has 0 saturated heterocycles. The zero-order chi connectivity index (χ0) is 21.2. The van der Waals surface area contributed by atoms with Gasteiger partial charge in [-0.2, -0.15) is 0 Å². The number of hydrogen-bond acceptors (Lipinski definition) is 4. The third kappa shape index (κ3) is 6.04. The second-order valence-electron chi connectivity index (χ2n) is 7.16. The van der Waals surface area contributed by atoms with Crippen LogP contribution in [-0.4, -0.2) is 35.0 Å². The number of nitrogens with zero attached hydrogens (tertiary/aromatic N) is 2. The number of amides is 2. The first kappa shape index (κ1) is 21.3. The number of rotatable bonds is 10. The van der Waals surface area contributed by atoms with Crippen LogP contribution in [0.5, 0.6) is 0 Å². The van der Waals surface area contributed by atoms with Crippen molar-refractivity contribution < 1.29 is 14.1 Å². The van der Waals surface area contributed by atoms with Crippen molar-refractivity contribution in [1.29, 1.82) is 0 Å². The van der Waals surface area contributed by atoms with Crippen LogP contribution < -0.4 is 5.32 Å². The van der Waals surface area contributed by atoms with Crippen molar-refractivity contribution in [1.82, 2.24) is 10.1 Å². The molecule has 0 spiro atoms. The molecule has 156 valence electrons. The van der Waals surface area contributed by atoms with Crippen LogP contribution in [0.2, 0.25) is 0 Å². The second-order valence-corrected chi connectivity index (χ2v) is 7.16. The van der Waals surface area contributed by atoms with Crippen LogP contribution in [0, 0.1) is 0 Å². The van der Waals surface area contributed by atoms with Crippen molar-refractivity contribution in [3.8, 4) is 11.1 Å². The van der Waals surface area contributed by atoms with Gasteiger partial charge in [-0.05, 0) is 29.7 Å². The van der Waals surface area contributed by atoms with Gasteiger partial charge in [0, 0.05) is 18.2 Å². The Kier molecular flexibility index (Phi) is 7.78. The number of hydrogen-bond donors (Lipinski definition) is 1. The minimum atomic E-state index is -0.298. The normalized spacial score (nSPS) is 10.6. The molecule has 1 aromatic heterocycles. The monoisotopic (exact) mass is 405 g/mol. The zero-order valence-electron chi connectivity index (χ0n) is 17.2. The summed E-state index contributed by atoms with van der Waals surface area (Å²) in [5, 5.41) is 6.33. The highest BCUT2D eigenvalue weighted by Gasteiger charge is 2.19. The Morgan fingerprint density at radius 1 is 0.933 bits per heavy atom. The molecule has 0 aliphatic heterocycles. The van der Waals surface area contributed by atoms with Gasteiger partial charge in [0.2, 0.25) is 5.91 Å². The van der Waals surface area contributed by atoms with E-state index in [0.29, 0.717) is 17.9 Å². The number of aromatic nitrogens is 1. The topological polar surface area (TPSA) is 75.4 Å². The second kappa shape index (κ2) is 11.0. The third-order valence-corrected chi connectivity index (χ3v) is 4.85. The number of unbranched alkanes of at least 4 members (excludes halogenated alkanes) is 3. The Labute approximate surface area is 176 Å². The van der Waals surface area contributed by atoms with Crippen LogP contribution >= 0.6 is 0 Å². The van der Waals surface area contributed by atoms with Crippen LogP contribution in [0.15, 0.2) is 71.4 Å². The number of nitrogens with one attached hydrogen (secondary N) is 1. The smallest absolute Gasteiger partial charge is 0.254 e. The Morgan fingerprint density at radius 3 is 2.33 bits per heavy atom. The Hall–Kier alpha value is -3.41. The summed E-state index contributed by atoms with van der Waals surface area (Å²) in [6.07, 6.45) is 5.50. The predicted molar refractivity (Wildman–Crippen MR) is 117 cm³/mol. The van der Waals surface area contributed by atoms with Crippen molar-refractivity contribution >= 4 is 17.6 Å². The van der Waals surface area contributed by atoms with E-state index in [1.807, 2.05) is 54.6 Å². The molecule has 30 heavy (non-hydrogen) atoms. The average molecular weight is 405 g/mol. The van der Waals surface area contributed by atoms with E-state index in [4.69, 9.17) is 4.52 Å². The molecule has 0 atom stereocenters. The molecule has 0 saturated carbocycles. The van der Waals surface area contributed by atoms with Crippen molar-refractivity contribution in [2.24, 2.45) is 0 Å². The standard InChI is InChI=1S/C24H27N3O3/c1-2-3-4-8-16-27(18-23(28)25-22-15-17-30-26-22)24(29)21-13-11-20(12-14-21)19-9-6-5-7-10-19/h5-7,9-15,17H,2-4,8,16,18H2,1H3,(H,25,26,28). The van der Waals surface area contributed by atoms with Gasteiger partial charge in [0.05, 0.1) is 0 Å². The van der Waals surface area contributed by atoms with Gasteiger partial charge in [0.1, 0.15) is 12.8 Å². The molecule has 0 radical (unpaired) electrons. The van der Waals surface area contributed by atoms with Gasteiger partial charge in [0.15, 0.2) is 5.82 Å². The van der Waals surface area contributed by atoms with Crippen LogP contribution in [0.1, 0.15) is 43.0 Å². The first-order chi connectivity index (χ1) is 14.7. The lowest BCUT2D eigenvalue weighted by Gasteiger charge is -2.22. The summed E-state index contributed by atoms with van der Waals surface area (Å²) in [6.45, 7) is 2.65. The van der Waals surface area contributed by atoms with Crippen molar-refractivity contribution in [2.45, 2.75) is 32.6 Å². The fraction of sp³-hybridized carbons (Fsp3) is 0.292. The van der Waals surface area contributed by atoms with Crippen molar-refractivity contribution in [3.05, 3.63) is 72.5 Å². The minimum Gasteiger partial charge on any atom is -0.363 e. The van der Waals surface area contributed by atoms with E-state index in [9.17, 15) is 9.59 Å². The number of carbonyl (C=O) groups is 2. The lowest BCUT2D eigenvalue weighted by Crippen LogP contribution is -2.38. The molecule has 1 heterocycles. The maximum absolute atomic E-state index is 13.1. The fourth-order valence-corrected chi connectivity index (χ4v) is 3.23. The highest BCUT2D eigenvalue weighted by Crippen LogP contribution is 2.20. The quantitative estimate of drug-likeness (QED) is 0.482. The maximum atomic E-state index is 13.1. The molecule has 0 bridgehead atoms. The molecule has 6 nitrogen and oxygen atoms in total. The van der Waals surface area contributed by atoms with Crippen LogP contribution in [0.25, 0.3) is 11.1 Å². The van der Waals surface area contributed by atoms with Gasteiger partial charge >= 0.3 is 0 Å². The van der Waals surface area contributed by atoms with Crippen LogP contribution in [-0.2, 0) is 4.79 Å². The highest BCUT2D eigenvalue weighted by atomic mass is 16.5. The first-order valence-electron chi connectivity index (χ1n) is 10.3. The van der Waals surface area contributed by atoms with Gasteiger partial charge in [-0.3, -0.25) is 9.59 Å². The number of anilines is 1. The average Bonchev–Trinajstić information content (AvgIpc) is 3.29. The van der Waals surface area contributed by atoms with E-state index >= 15 is 0 Å². The van der Waals surface area contributed by atoms with Crippen LogP contribution in [0.3, 0.4) is 0 Å². The van der Waals surface area contributed by atoms with Crippen LogP contribution in [0.4, 0.5) is 5.82 Å². The minimum absolute atomic E-state index is 0.0295. The van der Waals surface area contributed by atoms with E-state index in [-0.39, 0.29) is 18.4 Å². The summed E-state index contributed by atoms with van der Waals surface area (Å²) in [7, 11) is 0. The molecule has 0 fully saturated rings. The van der Waals surface area contributed by atoms with E-state index in [0.717, 1.165) is 36.8 Å². The lowest BCUT2D eigenvalue weighted by molar-refractivity contribution is -0.117. The van der Waals surface area contributed by atoms with E-state index in [2.05, 4.69) is 17.4 Å². The maximum Gasteiger partial charge on any atom is 0.254 e. The molecule has 2 aromatic carbocycles. The van der Waals surface area contributed by atoms with Crippen molar-refractivity contribution in [3.63, 3.8) is 0 Å². The third-order valence-electron chi connectivity index (χ3n) is 4.85. The van der Waals surface area contributed by atoms with E-state index in [1.54, 1.807) is 11.0 Å². The van der Waals surface area contributed by atoms with Gasteiger partial charge in [-0.25, -0.2) is 0 Å². The fourth-order valence-electron chi connectivity index (χ4n) is 3.23. The lowest BCUT2D eigenvalue weighted by atomic mass is 10.0. The molecule has 6 heteroatoms. The summed E-state index contributed by atoms with van der Waals surface area (Å²) >= 11 is 0. The SMILES string of the molecule is CCCCCCN(CC(=O)Nc1ccon1)C(=O)c1ccc(-c2ccccc2)cc1. The summed E-state index contributed by atoms with van der Waals surface area (Å²) in [5.41, 5.74) is 2.71. The Morgan fingerprint density at radius 2 is 1.67 bits per heavy atom. The highest BCUT2D eigenvalue weighted by molar-refractivity contribution is 5.99. The molecule has 2 amide bonds. The summed E-state index contributed by atoms with van der Waals surface area (Å²) in [5.74, 6) is -0.111. The molecule has 1 N–H and O–H groups in total. The van der Waals surface area contributed by atoms with E-state index < -0.39 is 0 Å². The molecule has 3 aromatic rings. The van der Waals surface area contributed by atoms with Gasteiger partial charge in [0.25, 0.3) is 5.91 Å².